The fourth-order valence-electron chi connectivity index (χ4n) is 2.51. The number of nitrogens with zero attached hydrogens (tertiary/aromatic N) is 1. The smallest absolute Gasteiger partial charge is 0.214 e. The average Bonchev–Trinajstić information content (AvgIpc) is 3.26. The van der Waals surface area contributed by atoms with E-state index in [1.54, 1.807) is 19.9 Å². The highest BCUT2D eigenvalue weighted by Gasteiger charge is 2.41. The summed E-state index contributed by atoms with van der Waals surface area (Å²) in [6.45, 7) is 3.34. The Morgan fingerprint density at radius 2 is 1.78 bits per heavy atom. The van der Waals surface area contributed by atoms with Crippen molar-refractivity contribution in [3.63, 3.8) is 0 Å². The number of nitrogens with one attached hydrogen (secondary N) is 1. The number of benzene rings is 1. The molecule has 0 radical (unpaired) electrons. The number of sulfonamides is 1. The topological polar surface area (TPSA) is 59.1 Å². The van der Waals surface area contributed by atoms with Crippen LogP contribution in [0.4, 0.5) is 4.39 Å². The van der Waals surface area contributed by atoms with Gasteiger partial charge >= 0.3 is 0 Å². The van der Waals surface area contributed by atoms with Crippen molar-refractivity contribution in [2.75, 3.05) is 0 Å². The maximum absolute atomic E-state index is 12.8. The third kappa shape index (κ3) is 3.59. The molecule has 1 N–H and O–H groups in total. The molecule has 0 saturated heterocycles. The molecule has 1 aliphatic rings. The number of rotatable bonds is 5. The van der Waals surface area contributed by atoms with Crippen LogP contribution in [0, 0.1) is 5.95 Å². The highest BCUT2D eigenvalue weighted by atomic mass is 32.2. The van der Waals surface area contributed by atoms with E-state index in [2.05, 4.69) is 9.71 Å². The van der Waals surface area contributed by atoms with Gasteiger partial charge in [-0.1, -0.05) is 24.3 Å². The van der Waals surface area contributed by atoms with E-state index < -0.39 is 21.2 Å². The Balaban J connectivity index is 1.69. The molecule has 0 bridgehead atoms. The third-order valence-corrected chi connectivity index (χ3v) is 6.00. The van der Waals surface area contributed by atoms with Crippen molar-refractivity contribution in [1.29, 1.82) is 0 Å². The van der Waals surface area contributed by atoms with Gasteiger partial charge in [-0.25, -0.2) is 18.1 Å². The van der Waals surface area contributed by atoms with E-state index in [0.29, 0.717) is 0 Å². The fourth-order valence-corrected chi connectivity index (χ4v) is 3.46. The van der Waals surface area contributed by atoms with E-state index in [1.165, 1.54) is 12.3 Å². The number of hydrogen-bond donors (Lipinski definition) is 1. The molecule has 4 nitrogen and oxygen atoms in total. The molecule has 2 atom stereocenters. The van der Waals surface area contributed by atoms with Crippen LogP contribution in [-0.2, 0) is 10.0 Å². The standard InChI is InChI=1S/C17H19FN2O2S/c1-11(2)23(21,22)20-16-9-15(16)13-5-3-12(4-6-13)14-7-8-17(18)19-10-14/h3-8,10-11,15-16,20H,9H2,1-2H3/t15-,16+/m0/s1. The van der Waals surface area contributed by atoms with Crippen molar-refractivity contribution in [3.8, 4) is 11.1 Å². The van der Waals surface area contributed by atoms with Crippen molar-refractivity contribution in [1.82, 2.24) is 9.71 Å². The van der Waals surface area contributed by atoms with Gasteiger partial charge in [-0.15, -0.1) is 0 Å². The molecule has 3 rings (SSSR count). The highest BCUT2D eigenvalue weighted by molar-refractivity contribution is 7.90. The molecule has 1 saturated carbocycles. The summed E-state index contributed by atoms with van der Waals surface area (Å²) in [4.78, 5) is 3.65. The van der Waals surface area contributed by atoms with Gasteiger partial charge in [-0.05, 0) is 43.5 Å². The van der Waals surface area contributed by atoms with Gasteiger partial charge in [0.25, 0.3) is 0 Å². The molecule has 0 unspecified atom stereocenters. The van der Waals surface area contributed by atoms with Gasteiger partial charge in [0.05, 0.1) is 5.25 Å². The zero-order chi connectivity index (χ0) is 16.6. The van der Waals surface area contributed by atoms with E-state index in [-0.39, 0.29) is 12.0 Å². The van der Waals surface area contributed by atoms with Crippen LogP contribution in [-0.4, -0.2) is 24.7 Å². The molecular weight excluding hydrogens is 315 g/mol. The molecule has 122 valence electrons. The van der Waals surface area contributed by atoms with Crippen molar-refractivity contribution >= 4 is 10.0 Å². The Bertz CT molecular complexity index is 786. The summed E-state index contributed by atoms with van der Waals surface area (Å²) in [5, 5.41) is -0.419. The summed E-state index contributed by atoms with van der Waals surface area (Å²) < 4.78 is 39.4. The lowest BCUT2D eigenvalue weighted by Gasteiger charge is -2.09. The number of hydrogen-bond acceptors (Lipinski definition) is 3. The fraction of sp³-hybridized carbons (Fsp3) is 0.353. The Morgan fingerprint density at radius 1 is 1.13 bits per heavy atom. The zero-order valence-electron chi connectivity index (χ0n) is 13.0. The van der Waals surface area contributed by atoms with Crippen LogP contribution in [0.1, 0.15) is 31.7 Å². The van der Waals surface area contributed by atoms with Crippen LogP contribution < -0.4 is 4.72 Å². The maximum atomic E-state index is 12.8. The lowest BCUT2D eigenvalue weighted by atomic mass is 10.0. The molecule has 6 heteroatoms. The van der Waals surface area contributed by atoms with Gasteiger partial charge in [0.15, 0.2) is 0 Å². The molecule has 2 aromatic rings. The predicted molar refractivity (Wildman–Crippen MR) is 88.0 cm³/mol. The second-order valence-corrected chi connectivity index (χ2v) is 8.42. The maximum Gasteiger partial charge on any atom is 0.214 e. The molecule has 0 spiro atoms. The second kappa shape index (κ2) is 6.02. The van der Waals surface area contributed by atoms with Crippen molar-refractivity contribution in [3.05, 3.63) is 54.1 Å². The first-order chi connectivity index (χ1) is 10.9. The Labute approximate surface area is 135 Å². The van der Waals surface area contributed by atoms with Crippen LogP contribution >= 0.6 is 0 Å². The van der Waals surface area contributed by atoms with Crippen molar-refractivity contribution in [2.45, 2.75) is 37.5 Å². The minimum Gasteiger partial charge on any atom is -0.228 e. The molecule has 1 heterocycles. The van der Waals surface area contributed by atoms with E-state index in [4.69, 9.17) is 0 Å². The van der Waals surface area contributed by atoms with E-state index in [0.717, 1.165) is 23.1 Å². The molecule has 1 fully saturated rings. The normalized spacial score (nSPS) is 20.7. The Morgan fingerprint density at radius 3 is 2.35 bits per heavy atom. The largest absolute Gasteiger partial charge is 0.228 e. The molecule has 0 aliphatic heterocycles. The van der Waals surface area contributed by atoms with Crippen LogP contribution in [0.5, 0.6) is 0 Å². The van der Waals surface area contributed by atoms with Crippen LogP contribution in [0.3, 0.4) is 0 Å². The third-order valence-electron chi connectivity index (χ3n) is 4.13. The van der Waals surface area contributed by atoms with Crippen molar-refractivity contribution in [2.24, 2.45) is 0 Å². The summed E-state index contributed by atoms with van der Waals surface area (Å²) in [6.07, 6.45) is 2.32. The van der Waals surface area contributed by atoms with E-state index in [9.17, 15) is 12.8 Å². The molecule has 1 aromatic carbocycles. The minimum atomic E-state index is -3.22. The molecule has 1 aliphatic carbocycles. The van der Waals surface area contributed by atoms with Gasteiger partial charge in [-0.3, -0.25) is 0 Å². The molecule has 0 amide bonds. The summed E-state index contributed by atoms with van der Waals surface area (Å²) in [5.41, 5.74) is 2.92. The predicted octanol–water partition coefficient (Wildman–Crippen LogP) is 3.07. The second-order valence-electron chi connectivity index (χ2n) is 6.15. The van der Waals surface area contributed by atoms with Gasteiger partial charge in [-0.2, -0.15) is 4.39 Å². The van der Waals surface area contributed by atoms with Crippen LogP contribution in [0.2, 0.25) is 0 Å². The summed E-state index contributed by atoms with van der Waals surface area (Å²) in [6, 6.07) is 10.9. The Hall–Kier alpha value is -1.79. The minimum absolute atomic E-state index is 0.0132. The van der Waals surface area contributed by atoms with Gasteiger partial charge in [0, 0.05) is 23.7 Å². The summed E-state index contributed by atoms with van der Waals surface area (Å²) in [7, 11) is -3.22. The molecule has 1 aromatic heterocycles. The van der Waals surface area contributed by atoms with Crippen molar-refractivity contribution < 1.29 is 12.8 Å². The van der Waals surface area contributed by atoms with Gasteiger partial charge in [0.1, 0.15) is 0 Å². The van der Waals surface area contributed by atoms with Gasteiger partial charge < -0.3 is 0 Å². The highest BCUT2D eigenvalue weighted by Crippen LogP contribution is 2.41. The summed E-state index contributed by atoms with van der Waals surface area (Å²) >= 11 is 0. The molecule has 23 heavy (non-hydrogen) atoms. The SMILES string of the molecule is CC(C)S(=O)(=O)N[C@@H]1C[C@H]1c1ccc(-c2ccc(F)nc2)cc1. The first-order valence-electron chi connectivity index (χ1n) is 7.60. The summed E-state index contributed by atoms with van der Waals surface area (Å²) in [5.74, 6) is -0.271. The van der Waals surface area contributed by atoms with E-state index in [1.807, 2.05) is 24.3 Å². The average molecular weight is 334 g/mol. The number of halogens is 1. The lowest BCUT2D eigenvalue weighted by Crippen LogP contribution is -2.33. The quantitative estimate of drug-likeness (QED) is 0.855. The monoisotopic (exact) mass is 334 g/mol. The Kier molecular flexibility index (Phi) is 4.21. The van der Waals surface area contributed by atoms with E-state index >= 15 is 0 Å². The number of pyridine rings is 1. The van der Waals surface area contributed by atoms with Crippen LogP contribution in [0.15, 0.2) is 42.6 Å². The first-order valence-corrected chi connectivity index (χ1v) is 9.14. The lowest BCUT2D eigenvalue weighted by molar-refractivity contribution is 0.570. The number of aromatic nitrogens is 1. The van der Waals surface area contributed by atoms with Gasteiger partial charge in [0.2, 0.25) is 16.0 Å². The van der Waals surface area contributed by atoms with Crippen LogP contribution in [0.25, 0.3) is 11.1 Å². The first kappa shape index (κ1) is 16.1. The molecular formula is C17H19FN2O2S. The zero-order valence-corrected chi connectivity index (χ0v) is 13.8.